The lowest BCUT2D eigenvalue weighted by atomic mass is 10.1. The highest BCUT2D eigenvalue weighted by Crippen LogP contribution is 2.31. The zero-order valence-electron chi connectivity index (χ0n) is 21.8. The number of rotatable bonds is 10. The van der Waals surface area contributed by atoms with E-state index in [0.29, 0.717) is 35.0 Å². The molecule has 0 bridgehead atoms. The zero-order chi connectivity index (χ0) is 26.4. The standard InChI is InChI=1S/C27H34N6O4/c1-5-22(27(35)28-20-8-6-7-9-20)33(21-13-10-18(2)11-14-21)25(34)17-32-30-26(29-31-32)19-12-15-23(36-3)24(16-19)37-4/h10-16,20,22H,5-9,17H2,1-4H3,(H,28,35)/t22-/m1/s1. The van der Waals surface area contributed by atoms with E-state index in [1.165, 1.54) is 4.80 Å². The van der Waals surface area contributed by atoms with Gasteiger partial charge in [-0.1, -0.05) is 37.5 Å². The maximum absolute atomic E-state index is 13.7. The number of benzene rings is 2. The van der Waals surface area contributed by atoms with E-state index in [1.54, 1.807) is 37.3 Å². The number of methoxy groups -OCH3 is 2. The first-order valence-electron chi connectivity index (χ1n) is 12.6. The van der Waals surface area contributed by atoms with Crippen LogP contribution in [0.3, 0.4) is 0 Å². The molecule has 10 nitrogen and oxygen atoms in total. The Kier molecular flexibility index (Phi) is 8.37. The third kappa shape index (κ3) is 6.07. The summed E-state index contributed by atoms with van der Waals surface area (Å²) < 4.78 is 10.6. The number of anilines is 1. The first kappa shape index (κ1) is 26.1. The second-order valence-corrected chi connectivity index (χ2v) is 9.23. The molecule has 2 aromatic carbocycles. The predicted molar refractivity (Wildman–Crippen MR) is 139 cm³/mol. The van der Waals surface area contributed by atoms with Crippen LogP contribution in [0.4, 0.5) is 5.69 Å². The number of nitrogens with zero attached hydrogens (tertiary/aromatic N) is 5. The van der Waals surface area contributed by atoms with Crippen molar-refractivity contribution >= 4 is 17.5 Å². The van der Waals surface area contributed by atoms with Gasteiger partial charge in [-0.15, -0.1) is 10.2 Å². The molecule has 4 rings (SSSR count). The van der Waals surface area contributed by atoms with Gasteiger partial charge in [0.2, 0.25) is 11.7 Å². The van der Waals surface area contributed by atoms with Crippen molar-refractivity contribution in [2.75, 3.05) is 19.1 Å². The molecular formula is C27H34N6O4. The quantitative estimate of drug-likeness (QED) is 0.448. The molecule has 1 N–H and O–H groups in total. The monoisotopic (exact) mass is 506 g/mol. The average Bonchev–Trinajstić information content (AvgIpc) is 3.59. The maximum Gasteiger partial charge on any atom is 0.251 e. The minimum absolute atomic E-state index is 0.138. The van der Waals surface area contributed by atoms with E-state index in [2.05, 4.69) is 20.7 Å². The van der Waals surface area contributed by atoms with Crippen molar-refractivity contribution in [1.82, 2.24) is 25.5 Å². The summed E-state index contributed by atoms with van der Waals surface area (Å²) in [5.74, 6) is 1.04. The molecule has 1 aliphatic carbocycles. The van der Waals surface area contributed by atoms with Crippen molar-refractivity contribution in [1.29, 1.82) is 0 Å². The Morgan fingerprint density at radius 3 is 2.43 bits per heavy atom. The van der Waals surface area contributed by atoms with E-state index in [0.717, 1.165) is 31.2 Å². The molecule has 1 saturated carbocycles. The van der Waals surface area contributed by atoms with Crippen molar-refractivity contribution in [3.63, 3.8) is 0 Å². The number of aryl methyl sites for hydroxylation is 1. The number of tetrazole rings is 1. The van der Waals surface area contributed by atoms with Crippen LogP contribution in [0.2, 0.25) is 0 Å². The Labute approximate surface area is 216 Å². The van der Waals surface area contributed by atoms with Gasteiger partial charge in [0.15, 0.2) is 11.5 Å². The smallest absolute Gasteiger partial charge is 0.251 e. The molecule has 1 aliphatic rings. The van der Waals surface area contributed by atoms with Gasteiger partial charge in [-0.3, -0.25) is 14.5 Å². The van der Waals surface area contributed by atoms with Crippen LogP contribution in [0.15, 0.2) is 42.5 Å². The molecule has 0 aliphatic heterocycles. The minimum Gasteiger partial charge on any atom is -0.493 e. The second-order valence-electron chi connectivity index (χ2n) is 9.23. The topological polar surface area (TPSA) is 111 Å². The Morgan fingerprint density at radius 1 is 1.08 bits per heavy atom. The molecule has 1 atom stereocenters. The average molecular weight is 507 g/mol. The van der Waals surface area contributed by atoms with Gasteiger partial charge in [-0.25, -0.2) is 0 Å². The molecule has 1 fully saturated rings. The Balaban J connectivity index is 1.57. The van der Waals surface area contributed by atoms with Gasteiger partial charge in [-0.05, 0) is 61.7 Å². The number of nitrogens with one attached hydrogen (secondary N) is 1. The molecule has 1 heterocycles. The third-order valence-electron chi connectivity index (χ3n) is 6.65. The fourth-order valence-electron chi connectivity index (χ4n) is 4.65. The third-order valence-corrected chi connectivity index (χ3v) is 6.65. The van der Waals surface area contributed by atoms with Crippen LogP contribution in [0, 0.1) is 6.92 Å². The highest BCUT2D eigenvalue weighted by molar-refractivity contribution is 6.00. The minimum atomic E-state index is -0.648. The van der Waals surface area contributed by atoms with E-state index >= 15 is 0 Å². The lowest BCUT2D eigenvalue weighted by Crippen LogP contribution is -2.52. The van der Waals surface area contributed by atoms with Crippen molar-refractivity contribution in [2.24, 2.45) is 0 Å². The van der Waals surface area contributed by atoms with Gasteiger partial charge in [-0.2, -0.15) is 4.80 Å². The molecule has 1 aromatic heterocycles. The summed E-state index contributed by atoms with van der Waals surface area (Å²) in [6, 6.07) is 12.4. The molecule has 0 spiro atoms. The number of amides is 2. The van der Waals surface area contributed by atoms with Crippen LogP contribution < -0.4 is 19.7 Å². The van der Waals surface area contributed by atoms with Crippen molar-refractivity contribution in [3.8, 4) is 22.9 Å². The Bertz CT molecular complexity index is 1220. The fraction of sp³-hybridized carbons (Fsp3) is 0.444. The van der Waals surface area contributed by atoms with Crippen LogP contribution in [-0.4, -0.2) is 58.3 Å². The largest absolute Gasteiger partial charge is 0.493 e. The number of aromatic nitrogens is 4. The van der Waals surface area contributed by atoms with Gasteiger partial charge >= 0.3 is 0 Å². The summed E-state index contributed by atoms with van der Waals surface area (Å²) in [6.45, 7) is 3.73. The first-order chi connectivity index (χ1) is 17.9. The van der Waals surface area contributed by atoms with Gasteiger partial charge < -0.3 is 14.8 Å². The first-order valence-corrected chi connectivity index (χ1v) is 12.6. The molecule has 0 radical (unpaired) electrons. The predicted octanol–water partition coefficient (Wildman–Crippen LogP) is 3.54. The van der Waals surface area contributed by atoms with Crippen LogP contribution >= 0.6 is 0 Å². The Morgan fingerprint density at radius 2 is 1.78 bits per heavy atom. The Hall–Kier alpha value is -3.95. The normalized spacial score (nSPS) is 14.3. The maximum atomic E-state index is 13.7. The number of carbonyl (C=O) groups excluding carboxylic acids is 2. The van der Waals surface area contributed by atoms with Crippen LogP contribution in [-0.2, 0) is 16.1 Å². The molecule has 0 unspecified atom stereocenters. The highest BCUT2D eigenvalue weighted by Gasteiger charge is 2.32. The van der Waals surface area contributed by atoms with Crippen molar-refractivity contribution < 1.29 is 19.1 Å². The summed E-state index contributed by atoms with van der Waals surface area (Å²) in [6.07, 6.45) is 4.65. The zero-order valence-corrected chi connectivity index (χ0v) is 21.8. The van der Waals surface area contributed by atoms with Crippen molar-refractivity contribution in [3.05, 3.63) is 48.0 Å². The molecular weight excluding hydrogens is 472 g/mol. The van der Waals surface area contributed by atoms with E-state index in [4.69, 9.17) is 9.47 Å². The SMILES string of the molecule is CC[C@H](C(=O)NC1CCCC1)N(C(=O)Cn1nnc(-c2ccc(OC)c(OC)c2)n1)c1ccc(C)cc1. The molecule has 2 amide bonds. The van der Waals surface area contributed by atoms with E-state index < -0.39 is 6.04 Å². The highest BCUT2D eigenvalue weighted by atomic mass is 16.5. The van der Waals surface area contributed by atoms with Crippen LogP contribution in [0.1, 0.15) is 44.6 Å². The number of ether oxygens (including phenoxy) is 2. The van der Waals surface area contributed by atoms with Gasteiger partial charge in [0, 0.05) is 17.3 Å². The van der Waals surface area contributed by atoms with Crippen LogP contribution in [0.5, 0.6) is 11.5 Å². The summed E-state index contributed by atoms with van der Waals surface area (Å²) in [5.41, 5.74) is 2.40. The molecule has 3 aromatic rings. The van der Waals surface area contributed by atoms with Crippen molar-refractivity contribution in [2.45, 2.75) is 64.6 Å². The summed E-state index contributed by atoms with van der Waals surface area (Å²) in [4.78, 5) is 29.7. The number of carbonyl (C=O) groups is 2. The molecule has 0 saturated heterocycles. The summed E-state index contributed by atoms with van der Waals surface area (Å²) in [5, 5.41) is 15.8. The van der Waals surface area contributed by atoms with E-state index in [9.17, 15) is 9.59 Å². The van der Waals surface area contributed by atoms with Crippen LogP contribution in [0.25, 0.3) is 11.4 Å². The second kappa shape index (κ2) is 11.9. The molecule has 10 heteroatoms. The van der Waals surface area contributed by atoms with E-state index in [-0.39, 0.29) is 24.4 Å². The number of hydrogen-bond donors (Lipinski definition) is 1. The van der Waals surface area contributed by atoms with Gasteiger partial charge in [0.05, 0.1) is 14.2 Å². The van der Waals surface area contributed by atoms with Gasteiger partial charge in [0.25, 0.3) is 5.91 Å². The lowest BCUT2D eigenvalue weighted by Gasteiger charge is -2.31. The number of hydrogen-bond acceptors (Lipinski definition) is 7. The lowest BCUT2D eigenvalue weighted by molar-refractivity contribution is -0.127. The summed E-state index contributed by atoms with van der Waals surface area (Å²) >= 11 is 0. The summed E-state index contributed by atoms with van der Waals surface area (Å²) in [7, 11) is 3.12. The molecule has 37 heavy (non-hydrogen) atoms. The fourth-order valence-corrected chi connectivity index (χ4v) is 4.65. The van der Waals surface area contributed by atoms with Gasteiger partial charge in [0.1, 0.15) is 12.6 Å². The molecule has 196 valence electrons. The van der Waals surface area contributed by atoms with E-state index in [1.807, 2.05) is 38.1 Å².